The number of benzene rings is 2. The van der Waals surface area contributed by atoms with Gasteiger partial charge < -0.3 is 5.32 Å². The van der Waals surface area contributed by atoms with Crippen molar-refractivity contribution in [3.63, 3.8) is 0 Å². The summed E-state index contributed by atoms with van der Waals surface area (Å²) < 4.78 is 1.58. The van der Waals surface area contributed by atoms with Crippen molar-refractivity contribution in [1.82, 2.24) is 14.9 Å². The lowest BCUT2D eigenvalue weighted by Crippen LogP contribution is -2.33. The largest absolute Gasteiger partial charge is 0.354 e. The van der Waals surface area contributed by atoms with E-state index in [-0.39, 0.29) is 17.5 Å². The van der Waals surface area contributed by atoms with E-state index in [1.807, 2.05) is 43.3 Å². The maximum absolute atomic E-state index is 12.4. The van der Waals surface area contributed by atoms with Gasteiger partial charge in [-0.2, -0.15) is 0 Å². The Kier molecular flexibility index (Phi) is 6.36. The summed E-state index contributed by atoms with van der Waals surface area (Å²) in [4.78, 5) is 28.9. The summed E-state index contributed by atoms with van der Waals surface area (Å²) >= 11 is 0. The minimum atomic E-state index is -0.0581. The Morgan fingerprint density at radius 3 is 2.67 bits per heavy atom. The van der Waals surface area contributed by atoms with Crippen LogP contribution in [0.3, 0.4) is 0 Å². The summed E-state index contributed by atoms with van der Waals surface area (Å²) in [7, 11) is 0. The van der Waals surface area contributed by atoms with Gasteiger partial charge in [0.25, 0.3) is 5.56 Å². The maximum atomic E-state index is 12.4. The van der Waals surface area contributed by atoms with Gasteiger partial charge >= 0.3 is 0 Å². The number of carbonyl (C=O) groups excluding carboxylic acids is 1. The molecule has 27 heavy (non-hydrogen) atoms. The SMILES string of the molecule is CC(CCc1ccccc1)NC(=O)CCCn1cnc2ccccc2c1=O. The van der Waals surface area contributed by atoms with E-state index in [1.54, 1.807) is 17.0 Å². The highest BCUT2D eigenvalue weighted by Crippen LogP contribution is 2.06. The summed E-state index contributed by atoms with van der Waals surface area (Å²) in [5.41, 5.74) is 1.92. The number of nitrogens with one attached hydrogen (secondary N) is 1. The van der Waals surface area contributed by atoms with Crippen LogP contribution in [0.25, 0.3) is 10.9 Å². The molecule has 0 fully saturated rings. The number of aryl methyl sites for hydroxylation is 2. The lowest BCUT2D eigenvalue weighted by molar-refractivity contribution is -0.121. The number of carbonyl (C=O) groups is 1. The van der Waals surface area contributed by atoms with E-state index in [9.17, 15) is 9.59 Å². The van der Waals surface area contributed by atoms with E-state index in [0.717, 1.165) is 12.8 Å². The molecule has 1 amide bonds. The smallest absolute Gasteiger partial charge is 0.261 e. The molecule has 0 aliphatic carbocycles. The van der Waals surface area contributed by atoms with Gasteiger partial charge in [-0.25, -0.2) is 4.98 Å². The van der Waals surface area contributed by atoms with Crippen molar-refractivity contribution in [3.05, 3.63) is 76.8 Å². The Balaban J connectivity index is 1.44. The van der Waals surface area contributed by atoms with Crippen LogP contribution in [0.15, 0.2) is 65.7 Å². The second-order valence-corrected chi connectivity index (χ2v) is 6.86. The molecule has 1 atom stereocenters. The standard InChI is InChI=1S/C22H25N3O2/c1-17(13-14-18-8-3-2-4-9-18)24-21(26)12-7-15-25-16-23-20-11-6-5-10-19(20)22(25)27/h2-6,8-11,16-17H,7,12-15H2,1H3,(H,24,26). The van der Waals surface area contributed by atoms with Crippen LogP contribution in [0.2, 0.25) is 0 Å². The van der Waals surface area contributed by atoms with Crippen molar-refractivity contribution < 1.29 is 4.79 Å². The van der Waals surface area contributed by atoms with Gasteiger partial charge in [0.15, 0.2) is 0 Å². The number of fused-ring (bicyclic) bond motifs is 1. The first-order valence-corrected chi connectivity index (χ1v) is 9.41. The molecule has 5 nitrogen and oxygen atoms in total. The van der Waals surface area contributed by atoms with Gasteiger partial charge in [0.05, 0.1) is 17.2 Å². The third kappa shape index (κ3) is 5.26. The predicted molar refractivity (Wildman–Crippen MR) is 108 cm³/mol. The number of para-hydroxylation sites is 1. The Bertz CT molecular complexity index is 950. The topological polar surface area (TPSA) is 64.0 Å². The van der Waals surface area contributed by atoms with Gasteiger partial charge in [0.2, 0.25) is 5.91 Å². The highest BCUT2D eigenvalue weighted by molar-refractivity contribution is 5.77. The number of hydrogen-bond acceptors (Lipinski definition) is 3. The van der Waals surface area contributed by atoms with E-state index in [4.69, 9.17) is 0 Å². The Labute approximate surface area is 159 Å². The van der Waals surface area contributed by atoms with Crippen LogP contribution in [0.5, 0.6) is 0 Å². The number of nitrogens with zero attached hydrogens (tertiary/aromatic N) is 2. The summed E-state index contributed by atoms with van der Waals surface area (Å²) in [5, 5.41) is 3.65. The quantitative estimate of drug-likeness (QED) is 0.668. The van der Waals surface area contributed by atoms with Crippen molar-refractivity contribution in [1.29, 1.82) is 0 Å². The fourth-order valence-corrected chi connectivity index (χ4v) is 3.12. The van der Waals surface area contributed by atoms with Crippen LogP contribution < -0.4 is 10.9 Å². The number of hydrogen-bond donors (Lipinski definition) is 1. The molecule has 1 heterocycles. The number of aromatic nitrogens is 2. The molecule has 3 rings (SSSR count). The lowest BCUT2D eigenvalue weighted by Gasteiger charge is -2.14. The molecule has 0 radical (unpaired) electrons. The second kappa shape index (κ2) is 9.12. The van der Waals surface area contributed by atoms with E-state index >= 15 is 0 Å². The van der Waals surface area contributed by atoms with Gasteiger partial charge in [0, 0.05) is 19.0 Å². The van der Waals surface area contributed by atoms with Crippen LogP contribution in [-0.4, -0.2) is 21.5 Å². The van der Waals surface area contributed by atoms with Gasteiger partial charge in [-0.15, -0.1) is 0 Å². The molecule has 0 bridgehead atoms. The molecule has 0 aliphatic heterocycles. The first kappa shape index (κ1) is 18.8. The van der Waals surface area contributed by atoms with E-state index < -0.39 is 0 Å². The van der Waals surface area contributed by atoms with Gasteiger partial charge in [-0.3, -0.25) is 14.2 Å². The molecule has 1 N–H and O–H groups in total. The Hall–Kier alpha value is -2.95. The predicted octanol–water partition coefficient (Wildman–Crippen LogP) is 3.31. The number of rotatable bonds is 8. The highest BCUT2D eigenvalue weighted by atomic mass is 16.1. The van der Waals surface area contributed by atoms with E-state index in [2.05, 4.69) is 22.4 Å². The van der Waals surface area contributed by atoms with Crippen LogP contribution in [-0.2, 0) is 17.8 Å². The highest BCUT2D eigenvalue weighted by Gasteiger charge is 2.09. The third-order valence-corrected chi connectivity index (χ3v) is 4.65. The Morgan fingerprint density at radius 1 is 1.11 bits per heavy atom. The first-order chi connectivity index (χ1) is 13.1. The van der Waals surface area contributed by atoms with Crippen LogP contribution in [0.4, 0.5) is 0 Å². The molecule has 2 aromatic carbocycles. The van der Waals surface area contributed by atoms with Crippen molar-refractivity contribution in [2.45, 2.75) is 45.2 Å². The molecule has 1 aromatic heterocycles. The summed E-state index contributed by atoms with van der Waals surface area (Å²) in [6.45, 7) is 2.51. The average Bonchev–Trinajstić information content (AvgIpc) is 2.69. The molecular weight excluding hydrogens is 338 g/mol. The van der Waals surface area contributed by atoms with E-state index in [1.165, 1.54) is 5.56 Å². The molecule has 1 unspecified atom stereocenters. The first-order valence-electron chi connectivity index (χ1n) is 9.41. The van der Waals surface area contributed by atoms with Gasteiger partial charge in [-0.1, -0.05) is 42.5 Å². The normalized spacial score (nSPS) is 12.0. The summed E-state index contributed by atoms with van der Waals surface area (Å²) in [5.74, 6) is 0.0253. The van der Waals surface area contributed by atoms with Crippen LogP contribution in [0.1, 0.15) is 31.7 Å². The molecule has 0 saturated carbocycles. The van der Waals surface area contributed by atoms with Crippen molar-refractivity contribution >= 4 is 16.8 Å². The minimum absolute atomic E-state index is 0.0253. The van der Waals surface area contributed by atoms with Crippen LogP contribution in [0, 0.1) is 0 Å². The molecule has 0 spiro atoms. The fourth-order valence-electron chi connectivity index (χ4n) is 3.12. The van der Waals surface area contributed by atoms with E-state index in [0.29, 0.717) is 30.3 Å². The third-order valence-electron chi connectivity index (χ3n) is 4.65. The zero-order valence-electron chi connectivity index (χ0n) is 15.6. The molecule has 3 aromatic rings. The summed E-state index contributed by atoms with van der Waals surface area (Å²) in [6.07, 6.45) is 4.42. The van der Waals surface area contributed by atoms with Gasteiger partial charge in [0.1, 0.15) is 0 Å². The van der Waals surface area contributed by atoms with Crippen LogP contribution >= 0.6 is 0 Å². The van der Waals surface area contributed by atoms with Crippen molar-refractivity contribution in [2.24, 2.45) is 0 Å². The zero-order valence-corrected chi connectivity index (χ0v) is 15.6. The van der Waals surface area contributed by atoms with Crippen molar-refractivity contribution in [2.75, 3.05) is 0 Å². The van der Waals surface area contributed by atoms with Gasteiger partial charge in [-0.05, 0) is 43.9 Å². The molecule has 5 heteroatoms. The second-order valence-electron chi connectivity index (χ2n) is 6.86. The minimum Gasteiger partial charge on any atom is -0.354 e. The zero-order chi connectivity index (χ0) is 19.1. The monoisotopic (exact) mass is 363 g/mol. The Morgan fingerprint density at radius 2 is 1.85 bits per heavy atom. The van der Waals surface area contributed by atoms with Crippen molar-refractivity contribution in [3.8, 4) is 0 Å². The number of amides is 1. The lowest BCUT2D eigenvalue weighted by atomic mass is 10.1. The molecular formula is C22H25N3O2. The summed E-state index contributed by atoms with van der Waals surface area (Å²) in [6, 6.07) is 17.7. The molecule has 0 saturated heterocycles. The molecule has 140 valence electrons. The maximum Gasteiger partial charge on any atom is 0.261 e. The average molecular weight is 363 g/mol. The molecule has 0 aliphatic rings. The fraction of sp³-hybridized carbons (Fsp3) is 0.318.